The maximum Gasteiger partial charge on any atom is 0.264 e. The fourth-order valence-corrected chi connectivity index (χ4v) is 8.07. The first-order valence-electron chi connectivity index (χ1n) is 20.9. The Morgan fingerprint density at radius 2 is 1.68 bits per heavy atom. The molecule has 5 heterocycles. The van der Waals surface area contributed by atoms with Gasteiger partial charge in [-0.2, -0.15) is 15.0 Å². The summed E-state index contributed by atoms with van der Waals surface area (Å²) < 4.78 is 13.0. The zero-order valence-corrected chi connectivity index (χ0v) is 34.2. The van der Waals surface area contributed by atoms with E-state index in [0.29, 0.717) is 105 Å². The summed E-state index contributed by atoms with van der Waals surface area (Å²) in [7, 11) is 1.77. The van der Waals surface area contributed by atoms with Crippen LogP contribution >= 0.6 is 0 Å². The Morgan fingerprint density at radius 3 is 2.44 bits per heavy atom. The summed E-state index contributed by atoms with van der Waals surface area (Å²) in [5, 5.41) is 26.3. The molecule has 0 spiro atoms. The first-order chi connectivity index (χ1) is 30.1. The van der Waals surface area contributed by atoms with Crippen LogP contribution in [0.15, 0.2) is 48.9 Å². The van der Waals surface area contributed by atoms with E-state index in [1.165, 1.54) is 6.20 Å². The lowest BCUT2D eigenvalue weighted by Crippen LogP contribution is -2.54. The zero-order valence-electron chi connectivity index (χ0n) is 34.2. The van der Waals surface area contributed by atoms with Gasteiger partial charge in [0.2, 0.25) is 17.7 Å². The molecule has 62 heavy (non-hydrogen) atoms. The molecule has 3 aromatic heterocycles. The Labute approximate surface area is 356 Å². The number of likely N-dealkylation sites (N-methyl/N-ethyl adjacent to an activating group) is 1. The summed E-state index contributed by atoms with van der Waals surface area (Å²) in [6, 6.07) is 9.66. The van der Waals surface area contributed by atoms with Crippen molar-refractivity contribution in [3.05, 3.63) is 71.2 Å². The number of fused-ring (bicyclic) bond motifs is 2. The van der Waals surface area contributed by atoms with E-state index in [0.717, 1.165) is 17.7 Å². The standard InChI is InChI=1S/C43H47N11O8/c1-52(14-16-62-18-17-61-15-13-45-32-4-2-3-30-37(32)43(60)53(42(30)59)34-11-12-36(55)51-40(34)57)41(58)26-5-7-29(8-6-26)50-39(56)31-24-46-35(20-33(31)49-28-9-10-28)54-38-27(23-48-54)19-25(21-44)22-47-38/h2-4,19-20,22-24,26,28-29,34,45H,5-18H2,1H3,(H,46,49)(H,50,56)(H,51,55,57). The number of hydrogen-bond acceptors (Lipinski definition) is 14. The van der Waals surface area contributed by atoms with Crippen molar-refractivity contribution in [2.75, 3.05) is 57.2 Å². The van der Waals surface area contributed by atoms with E-state index in [9.17, 15) is 34.0 Å². The first-order valence-corrected chi connectivity index (χ1v) is 20.9. The molecule has 4 aromatic rings. The number of hydrogen-bond donors (Lipinski definition) is 4. The van der Waals surface area contributed by atoms with Crippen LogP contribution in [-0.2, 0) is 23.9 Å². The van der Waals surface area contributed by atoms with Crippen LogP contribution in [0.25, 0.3) is 16.9 Å². The highest BCUT2D eigenvalue weighted by atomic mass is 16.5. The molecular formula is C43H47N11O8. The van der Waals surface area contributed by atoms with Gasteiger partial charge in [0.05, 0.1) is 60.6 Å². The number of nitrogens with zero attached hydrogens (tertiary/aromatic N) is 7. The maximum atomic E-state index is 13.6. The Bertz CT molecular complexity index is 2450. The Hall–Kier alpha value is -6.78. The number of nitriles is 1. The summed E-state index contributed by atoms with van der Waals surface area (Å²) in [6.07, 6.45) is 9.49. The van der Waals surface area contributed by atoms with Crippen LogP contribution in [0.3, 0.4) is 0 Å². The summed E-state index contributed by atoms with van der Waals surface area (Å²) in [4.78, 5) is 88.7. The number of benzene rings is 1. The van der Waals surface area contributed by atoms with E-state index in [4.69, 9.17) is 9.47 Å². The number of anilines is 2. The lowest BCUT2D eigenvalue weighted by molar-refractivity contribution is -0.137. The zero-order chi connectivity index (χ0) is 43.3. The highest BCUT2D eigenvalue weighted by Gasteiger charge is 2.45. The topological polar surface area (TPSA) is 243 Å². The molecular weight excluding hydrogens is 799 g/mol. The highest BCUT2D eigenvalue weighted by molar-refractivity contribution is 6.25. The SMILES string of the molecule is CN(CCOCCOCCNc1cccc2c1C(=O)N(C1CCC(=O)NC1=O)C2=O)C(=O)C1CCC(NC(=O)c2cnc(-n3ncc4cc(C#N)cnc43)cc2NC2CC2)CC1. The molecule has 322 valence electrons. The molecule has 3 fully saturated rings. The molecule has 4 N–H and O–H groups in total. The van der Waals surface area contributed by atoms with E-state index in [2.05, 4.69) is 42.4 Å². The summed E-state index contributed by atoms with van der Waals surface area (Å²) in [5.74, 6) is -2.06. The average Bonchev–Trinajstić information content (AvgIpc) is 3.93. The summed E-state index contributed by atoms with van der Waals surface area (Å²) in [6.45, 7) is 2.03. The molecule has 6 amide bonds. The van der Waals surface area contributed by atoms with E-state index in [1.807, 2.05) is 0 Å². The molecule has 1 saturated heterocycles. The molecule has 4 aliphatic rings. The number of carbonyl (C=O) groups is 6. The van der Waals surface area contributed by atoms with Crippen molar-refractivity contribution in [2.24, 2.45) is 5.92 Å². The number of carbonyl (C=O) groups excluding carboxylic acids is 6. The fourth-order valence-electron chi connectivity index (χ4n) is 8.07. The van der Waals surface area contributed by atoms with E-state index in [1.54, 1.807) is 59.4 Å². The lowest BCUT2D eigenvalue weighted by atomic mass is 9.85. The van der Waals surface area contributed by atoms with Crippen LogP contribution < -0.4 is 21.3 Å². The minimum absolute atomic E-state index is 0.0483. The molecule has 19 nitrogen and oxygen atoms in total. The quantitative estimate of drug-likeness (QED) is 0.0883. The normalized spacial score (nSPS) is 19.8. The van der Waals surface area contributed by atoms with Gasteiger partial charge in [0.25, 0.3) is 17.7 Å². The van der Waals surface area contributed by atoms with Gasteiger partial charge in [0.15, 0.2) is 11.5 Å². The molecule has 2 aliphatic carbocycles. The second-order valence-electron chi connectivity index (χ2n) is 15.9. The van der Waals surface area contributed by atoms with Gasteiger partial charge in [-0.15, -0.1) is 0 Å². The van der Waals surface area contributed by atoms with Crippen LogP contribution in [0.1, 0.15) is 88.0 Å². The fraction of sp³-hybridized carbons (Fsp3) is 0.442. The lowest BCUT2D eigenvalue weighted by Gasteiger charge is -2.31. The minimum atomic E-state index is -1.04. The van der Waals surface area contributed by atoms with Gasteiger partial charge < -0.3 is 30.3 Å². The monoisotopic (exact) mass is 845 g/mol. The Morgan fingerprint density at radius 1 is 0.903 bits per heavy atom. The van der Waals surface area contributed by atoms with Crippen LogP contribution in [0.5, 0.6) is 0 Å². The van der Waals surface area contributed by atoms with E-state index in [-0.39, 0.29) is 53.8 Å². The average molecular weight is 846 g/mol. The Kier molecular flexibility index (Phi) is 12.5. The van der Waals surface area contributed by atoms with E-state index < -0.39 is 29.7 Å². The van der Waals surface area contributed by atoms with Crippen LogP contribution in [0, 0.1) is 17.2 Å². The van der Waals surface area contributed by atoms with Gasteiger partial charge in [-0.1, -0.05) is 6.07 Å². The molecule has 2 saturated carbocycles. The van der Waals surface area contributed by atoms with Gasteiger partial charge in [-0.3, -0.25) is 39.0 Å². The van der Waals surface area contributed by atoms with Gasteiger partial charge >= 0.3 is 0 Å². The van der Waals surface area contributed by atoms with Crippen molar-refractivity contribution in [3.8, 4) is 11.9 Å². The van der Waals surface area contributed by atoms with Gasteiger partial charge in [0, 0.05) is 74.1 Å². The number of nitrogens with one attached hydrogen (secondary N) is 4. The van der Waals surface area contributed by atoms with Crippen molar-refractivity contribution in [1.82, 2.24) is 40.2 Å². The predicted molar refractivity (Wildman–Crippen MR) is 222 cm³/mol. The molecule has 1 atom stereocenters. The highest BCUT2D eigenvalue weighted by Crippen LogP contribution is 2.33. The van der Waals surface area contributed by atoms with E-state index >= 15 is 0 Å². The molecule has 8 rings (SSSR count). The Balaban J connectivity index is 0.726. The van der Waals surface area contributed by atoms with Crippen LogP contribution in [0.4, 0.5) is 11.4 Å². The van der Waals surface area contributed by atoms with Gasteiger partial charge in [-0.25, -0.2) is 9.97 Å². The maximum absolute atomic E-state index is 13.6. The number of imide groups is 2. The third-order valence-electron chi connectivity index (χ3n) is 11.6. The second-order valence-corrected chi connectivity index (χ2v) is 15.9. The van der Waals surface area contributed by atoms with Crippen LogP contribution in [0.2, 0.25) is 0 Å². The minimum Gasteiger partial charge on any atom is -0.382 e. The largest absolute Gasteiger partial charge is 0.382 e. The number of amides is 6. The van der Waals surface area contributed by atoms with Crippen molar-refractivity contribution in [2.45, 2.75) is 69.5 Å². The molecule has 0 radical (unpaired) electrons. The molecule has 0 bridgehead atoms. The van der Waals surface area contributed by atoms with Crippen molar-refractivity contribution in [1.29, 1.82) is 5.26 Å². The van der Waals surface area contributed by atoms with Crippen molar-refractivity contribution >= 4 is 57.9 Å². The third kappa shape index (κ3) is 9.11. The number of rotatable bonds is 17. The smallest absolute Gasteiger partial charge is 0.264 e. The summed E-state index contributed by atoms with van der Waals surface area (Å²) in [5.41, 5.74) is 2.93. The van der Waals surface area contributed by atoms with Gasteiger partial charge in [-0.05, 0) is 63.1 Å². The van der Waals surface area contributed by atoms with Crippen molar-refractivity contribution < 1.29 is 38.2 Å². The number of piperidine rings is 1. The van der Waals surface area contributed by atoms with Crippen molar-refractivity contribution in [3.63, 3.8) is 0 Å². The predicted octanol–water partition coefficient (Wildman–Crippen LogP) is 2.55. The van der Waals surface area contributed by atoms with Gasteiger partial charge in [0.1, 0.15) is 12.1 Å². The number of aromatic nitrogens is 4. The van der Waals surface area contributed by atoms with Crippen LogP contribution in [-0.4, -0.2) is 130 Å². The molecule has 19 heteroatoms. The first kappa shape index (κ1) is 41.9. The molecule has 2 aliphatic heterocycles. The number of pyridine rings is 2. The number of ether oxygens (including phenoxy) is 2. The second kappa shape index (κ2) is 18.5. The molecule has 1 unspecified atom stereocenters. The molecule has 1 aromatic carbocycles. The third-order valence-corrected chi connectivity index (χ3v) is 11.6. The summed E-state index contributed by atoms with van der Waals surface area (Å²) >= 11 is 0.